The molecule has 0 aliphatic carbocycles. The SMILES string of the molecule is NC(=O)C(NC(=O)c1cc(Br)ccc1F)c1ccccc1. The molecule has 0 aliphatic heterocycles. The normalized spacial score (nSPS) is 11.7. The summed E-state index contributed by atoms with van der Waals surface area (Å²) in [5, 5.41) is 2.44. The van der Waals surface area contributed by atoms with E-state index in [4.69, 9.17) is 5.73 Å². The molecule has 2 aromatic rings. The molecule has 2 rings (SSSR count). The van der Waals surface area contributed by atoms with Crippen molar-refractivity contribution in [3.8, 4) is 0 Å². The molecule has 3 N–H and O–H groups in total. The van der Waals surface area contributed by atoms with Crippen LogP contribution < -0.4 is 11.1 Å². The van der Waals surface area contributed by atoms with E-state index in [1.54, 1.807) is 30.3 Å². The monoisotopic (exact) mass is 350 g/mol. The molecule has 0 radical (unpaired) electrons. The van der Waals surface area contributed by atoms with Gasteiger partial charge in [0.15, 0.2) is 0 Å². The Labute approximate surface area is 129 Å². The zero-order chi connectivity index (χ0) is 15.4. The average molecular weight is 351 g/mol. The van der Waals surface area contributed by atoms with Gasteiger partial charge in [0, 0.05) is 4.47 Å². The van der Waals surface area contributed by atoms with Crippen molar-refractivity contribution in [2.24, 2.45) is 5.73 Å². The molecule has 1 atom stereocenters. The maximum absolute atomic E-state index is 13.7. The van der Waals surface area contributed by atoms with Gasteiger partial charge < -0.3 is 11.1 Å². The topological polar surface area (TPSA) is 72.2 Å². The highest BCUT2D eigenvalue weighted by Crippen LogP contribution is 2.18. The molecule has 4 nitrogen and oxygen atoms in total. The summed E-state index contributed by atoms with van der Waals surface area (Å²) in [4.78, 5) is 23.6. The minimum atomic E-state index is -1.02. The third-order valence-corrected chi connectivity index (χ3v) is 3.36. The second kappa shape index (κ2) is 6.49. The Kier molecular flexibility index (Phi) is 4.70. The van der Waals surface area contributed by atoms with Gasteiger partial charge in [0.1, 0.15) is 11.9 Å². The molecule has 6 heteroatoms. The third-order valence-electron chi connectivity index (χ3n) is 2.87. The molecule has 2 amide bonds. The van der Waals surface area contributed by atoms with E-state index in [0.717, 1.165) is 0 Å². The molecular formula is C15H12BrFN2O2. The molecule has 0 heterocycles. The van der Waals surface area contributed by atoms with Gasteiger partial charge in [-0.05, 0) is 23.8 Å². The van der Waals surface area contributed by atoms with E-state index in [1.165, 1.54) is 18.2 Å². The Morgan fingerprint density at radius 3 is 2.43 bits per heavy atom. The van der Waals surface area contributed by atoms with Gasteiger partial charge in [-0.3, -0.25) is 9.59 Å². The number of nitrogens with one attached hydrogen (secondary N) is 1. The number of hydrogen-bond acceptors (Lipinski definition) is 2. The zero-order valence-electron chi connectivity index (χ0n) is 10.8. The zero-order valence-corrected chi connectivity index (χ0v) is 12.4. The van der Waals surface area contributed by atoms with E-state index in [-0.39, 0.29) is 5.56 Å². The summed E-state index contributed by atoms with van der Waals surface area (Å²) in [6, 6.07) is 11.5. The quantitative estimate of drug-likeness (QED) is 0.889. The number of nitrogens with two attached hydrogens (primary N) is 1. The predicted octanol–water partition coefficient (Wildman–Crippen LogP) is 2.54. The van der Waals surface area contributed by atoms with Crippen LogP contribution >= 0.6 is 15.9 Å². The van der Waals surface area contributed by atoms with Crippen molar-refractivity contribution >= 4 is 27.7 Å². The minimum Gasteiger partial charge on any atom is -0.368 e. The van der Waals surface area contributed by atoms with Crippen LogP contribution in [-0.4, -0.2) is 11.8 Å². The average Bonchev–Trinajstić information content (AvgIpc) is 2.47. The summed E-state index contributed by atoms with van der Waals surface area (Å²) in [6.45, 7) is 0. The fraction of sp³-hybridized carbons (Fsp3) is 0.0667. The summed E-state index contributed by atoms with van der Waals surface area (Å²) in [5.41, 5.74) is 5.68. The molecule has 0 fully saturated rings. The fourth-order valence-electron chi connectivity index (χ4n) is 1.84. The van der Waals surface area contributed by atoms with E-state index in [9.17, 15) is 14.0 Å². The van der Waals surface area contributed by atoms with Crippen molar-refractivity contribution in [2.75, 3.05) is 0 Å². The van der Waals surface area contributed by atoms with Gasteiger partial charge in [0.2, 0.25) is 5.91 Å². The second-order valence-electron chi connectivity index (χ2n) is 4.34. The smallest absolute Gasteiger partial charge is 0.255 e. The first-order valence-electron chi connectivity index (χ1n) is 6.09. The lowest BCUT2D eigenvalue weighted by atomic mass is 10.1. The lowest BCUT2D eigenvalue weighted by molar-refractivity contribution is -0.120. The lowest BCUT2D eigenvalue weighted by Gasteiger charge is -2.16. The highest BCUT2D eigenvalue weighted by atomic mass is 79.9. The largest absolute Gasteiger partial charge is 0.368 e. The van der Waals surface area contributed by atoms with Crippen molar-refractivity contribution in [1.29, 1.82) is 0 Å². The van der Waals surface area contributed by atoms with Crippen molar-refractivity contribution < 1.29 is 14.0 Å². The van der Waals surface area contributed by atoms with Gasteiger partial charge in [-0.15, -0.1) is 0 Å². The number of rotatable bonds is 4. The van der Waals surface area contributed by atoms with Crippen molar-refractivity contribution in [1.82, 2.24) is 5.32 Å². The van der Waals surface area contributed by atoms with E-state index >= 15 is 0 Å². The van der Waals surface area contributed by atoms with Crippen LogP contribution in [0.4, 0.5) is 4.39 Å². The number of amides is 2. The van der Waals surface area contributed by atoms with Crippen molar-refractivity contribution in [3.63, 3.8) is 0 Å². The number of halogens is 2. The van der Waals surface area contributed by atoms with Crippen LogP contribution in [0.25, 0.3) is 0 Å². The molecule has 0 saturated heterocycles. The highest BCUT2D eigenvalue weighted by molar-refractivity contribution is 9.10. The van der Waals surface area contributed by atoms with Crippen LogP contribution in [0.15, 0.2) is 53.0 Å². The lowest BCUT2D eigenvalue weighted by Crippen LogP contribution is -2.37. The van der Waals surface area contributed by atoms with Crippen LogP contribution in [0.3, 0.4) is 0 Å². The molecule has 0 saturated carbocycles. The standard InChI is InChI=1S/C15H12BrFN2O2/c16-10-6-7-12(17)11(8-10)15(21)19-13(14(18)20)9-4-2-1-3-5-9/h1-8,13H,(H2,18,20)(H,19,21). The maximum Gasteiger partial charge on any atom is 0.255 e. The van der Waals surface area contributed by atoms with Crippen LogP contribution in [0.1, 0.15) is 22.0 Å². The van der Waals surface area contributed by atoms with E-state index < -0.39 is 23.7 Å². The number of hydrogen-bond donors (Lipinski definition) is 2. The first-order valence-corrected chi connectivity index (χ1v) is 6.88. The highest BCUT2D eigenvalue weighted by Gasteiger charge is 2.22. The van der Waals surface area contributed by atoms with Crippen molar-refractivity contribution in [3.05, 3.63) is 69.9 Å². The summed E-state index contributed by atoms with van der Waals surface area (Å²) < 4.78 is 14.2. The first-order chi connectivity index (χ1) is 9.99. The molecule has 21 heavy (non-hydrogen) atoms. The number of carbonyl (C=O) groups excluding carboxylic acids is 2. The van der Waals surface area contributed by atoms with Gasteiger partial charge in [0.25, 0.3) is 5.91 Å². The Balaban J connectivity index is 2.27. The molecule has 0 aliphatic rings. The fourth-order valence-corrected chi connectivity index (χ4v) is 2.21. The predicted molar refractivity (Wildman–Crippen MR) is 79.9 cm³/mol. The van der Waals surface area contributed by atoms with E-state index in [1.807, 2.05) is 0 Å². The van der Waals surface area contributed by atoms with Crippen LogP contribution in [-0.2, 0) is 4.79 Å². The third kappa shape index (κ3) is 3.66. The molecule has 0 aromatic heterocycles. The van der Waals surface area contributed by atoms with Crippen LogP contribution in [0.2, 0.25) is 0 Å². The van der Waals surface area contributed by atoms with Gasteiger partial charge in [-0.2, -0.15) is 0 Å². The number of carbonyl (C=O) groups is 2. The number of primary amides is 1. The van der Waals surface area contributed by atoms with E-state index in [0.29, 0.717) is 10.0 Å². The summed E-state index contributed by atoms with van der Waals surface area (Å²) in [7, 11) is 0. The Morgan fingerprint density at radius 1 is 1.14 bits per heavy atom. The molecular weight excluding hydrogens is 339 g/mol. The maximum atomic E-state index is 13.7. The molecule has 2 aromatic carbocycles. The Hall–Kier alpha value is -2.21. The van der Waals surface area contributed by atoms with Crippen LogP contribution in [0.5, 0.6) is 0 Å². The van der Waals surface area contributed by atoms with Crippen molar-refractivity contribution in [2.45, 2.75) is 6.04 Å². The van der Waals surface area contributed by atoms with E-state index in [2.05, 4.69) is 21.2 Å². The van der Waals surface area contributed by atoms with Gasteiger partial charge in [0.05, 0.1) is 5.56 Å². The molecule has 1 unspecified atom stereocenters. The van der Waals surface area contributed by atoms with Crippen LogP contribution in [0, 0.1) is 5.82 Å². The molecule has 0 bridgehead atoms. The molecule has 0 spiro atoms. The Bertz CT molecular complexity index is 677. The second-order valence-corrected chi connectivity index (χ2v) is 5.26. The summed E-state index contributed by atoms with van der Waals surface area (Å²) in [6.07, 6.45) is 0. The molecule has 108 valence electrons. The Morgan fingerprint density at radius 2 is 1.81 bits per heavy atom. The minimum absolute atomic E-state index is 0.161. The summed E-state index contributed by atoms with van der Waals surface area (Å²) in [5.74, 6) is -2.10. The number of benzene rings is 2. The van der Waals surface area contributed by atoms with Gasteiger partial charge >= 0.3 is 0 Å². The van der Waals surface area contributed by atoms with Gasteiger partial charge in [-0.1, -0.05) is 46.3 Å². The summed E-state index contributed by atoms with van der Waals surface area (Å²) >= 11 is 3.17. The van der Waals surface area contributed by atoms with Gasteiger partial charge in [-0.25, -0.2) is 4.39 Å². The first kappa shape index (κ1) is 15.2.